The van der Waals surface area contributed by atoms with Gasteiger partial charge in [-0.1, -0.05) is 44.2 Å². The number of anilines is 1. The highest BCUT2D eigenvalue weighted by atomic mass is 19.4. The lowest BCUT2D eigenvalue weighted by atomic mass is 9.83. The molecule has 0 unspecified atom stereocenters. The molecule has 0 atom stereocenters. The summed E-state index contributed by atoms with van der Waals surface area (Å²) in [5, 5.41) is 2.82. The third-order valence-electron chi connectivity index (χ3n) is 5.43. The maximum Gasteiger partial charge on any atom is 0.416 e. The first-order chi connectivity index (χ1) is 14.0. The predicted octanol–water partition coefficient (Wildman–Crippen LogP) is 4.79. The molecule has 0 saturated heterocycles. The average molecular weight is 418 g/mol. The van der Waals surface area contributed by atoms with Crippen LogP contribution in [0, 0.1) is 5.92 Å². The molecule has 0 heterocycles. The van der Waals surface area contributed by atoms with E-state index in [1.807, 2.05) is 0 Å². The van der Waals surface area contributed by atoms with Gasteiger partial charge in [0.25, 0.3) is 5.91 Å². The van der Waals surface area contributed by atoms with Crippen LogP contribution in [0.25, 0.3) is 0 Å². The maximum absolute atomic E-state index is 13.0. The second-order valence-corrected chi connectivity index (χ2v) is 8.33. The molecule has 2 aromatic carbocycles. The van der Waals surface area contributed by atoms with Crippen molar-refractivity contribution in [2.75, 3.05) is 18.5 Å². The van der Waals surface area contributed by atoms with Crippen LogP contribution in [0.4, 0.5) is 18.9 Å². The quantitative estimate of drug-likeness (QED) is 0.734. The zero-order valence-corrected chi connectivity index (χ0v) is 17.2. The Bertz CT molecular complexity index is 949. The fourth-order valence-corrected chi connectivity index (χ4v) is 3.30. The van der Waals surface area contributed by atoms with E-state index in [4.69, 9.17) is 0 Å². The van der Waals surface area contributed by atoms with E-state index in [1.165, 1.54) is 11.0 Å². The number of hydrogen-bond donors (Lipinski definition) is 1. The van der Waals surface area contributed by atoms with Crippen molar-refractivity contribution in [1.82, 2.24) is 5.32 Å². The molecule has 1 aliphatic rings. The van der Waals surface area contributed by atoms with E-state index in [-0.39, 0.29) is 24.3 Å². The molecule has 0 bridgehead atoms. The Hall–Kier alpha value is -2.83. The smallest absolute Gasteiger partial charge is 0.351 e. The van der Waals surface area contributed by atoms with Crippen LogP contribution in [-0.4, -0.2) is 25.4 Å². The first-order valence-corrected chi connectivity index (χ1v) is 9.83. The van der Waals surface area contributed by atoms with Crippen molar-refractivity contribution >= 4 is 17.5 Å². The van der Waals surface area contributed by atoms with E-state index in [2.05, 4.69) is 5.32 Å². The number of alkyl halides is 3. The number of halogens is 3. The van der Waals surface area contributed by atoms with Crippen molar-refractivity contribution in [3.8, 4) is 0 Å². The molecule has 0 aliphatic heterocycles. The Kier molecular flexibility index (Phi) is 5.92. The lowest BCUT2D eigenvalue weighted by molar-refractivity contribution is -0.137. The molecule has 0 radical (unpaired) electrons. The topological polar surface area (TPSA) is 49.4 Å². The van der Waals surface area contributed by atoms with Crippen LogP contribution in [0.1, 0.15) is 48.2 Å². The molecule has 2 amide bonds. The molecule has 4 nitrogen and oxygen atoms in total. The van der Waals surface area contributed by atoms with E-state index in [0.717, 1.165) is 25.0 Å². The van der Waals surface area contributed by atoms with E-state index in [9.17, 15) is 22.8 Å². The van der Waals surface area contributed by atoms with Gasteiger partial charge in [0.1, 0.15) is 0 Å². The number of carbonyl (C=O) groups is 2. The molecule has 1 aliphatic carbocycles. The minimum absolute atomic E-state index is 0.0143. The highest BCUT2D eigenvalue weighted by Crippen LogP contribution is 2.34. The minimum atomic E-state index is -4.42. The third-order valence-corrected chi connectivity index (χ3v) is 5.43. The van der Waals surface area contributed by atoms with Crippen LogP contribution in [-0.2, 0) is 16.4 Å². The summed E-state index contributed by atoms with van der Waals surface area (Å²) >= 11 is 0. The molecule has 0 spiro atoms. The molecule has 3 rings (SSSR count). The molecule has 160 valence electrons. The lowest BCUT2D eigenvalue weighted by Crippen LogP contribution is -2.38. The van der Waals surface area contributed by atoms with Crippen molar-refractivity contribution in [2.24, 2.45) is 5.92 Å². The van der Waals surface area contributed by atoms with Gasteiger partial charge in [-0.2, -0.15) is 13.2 Å². The number of carbonyl (C=O) groups excluding carboxylic acids is 2. The maximum atomic E-state index is 13.0. The predicted molar refractivity (Wildman–Crippen MR) is 109 cm³/mol. The summed E-state index contributed by atoms with van der Waals surface area (Å²) in [5.74, 6) is -0.369. The van der Waals surface area contributed by atoms with Gasteiger partial charge in [0.05, 0.1) is 16.8 Å². The summed E-state index contributed by atoms with van der Waals surface area (Å²) in [7, 11) is 1.65. The van der Waals surface area contributed by atoms with Crippen molar-refractivity contribution < 1.29 is 22.8 Å². The SMILES string of the molecule is CN(C(=O)C1CC1)c1ccccc1C(=O)NCC(C)(C)c1cccc(C(F)(F)F)c1. The summed E-state index contributed by atoms with van der Waals surface area (Å²) < 4.78 is 39.1. The monoisotopic (exact) mass is 418 g/mol. The molecular weight excluding hydrogens is 393 g/mol. The normalized spacial score (nSPS) is 14.3. The van der Waals surface area contributed by atoms with Crippen molar-refractivity contribution in [1.29, 1.82) is 0 Å². The van der Waals surface area contributed by atoms with Crippen LogP contribution >= 0.6 is 0 Å². The van der Waals surface area contributed by atoms with Gasteiger partial charge in [0.15, 0.2) is 0 Å². The molecular formula is C23H25F3N2O2. The van der Waals surface area contributed by atoms with Crippen LogP contribution in [0.15, 0.2) is 48.5 Å². The van der Waals surface area contributed by atoms with Gasteiger partial charge in [-0.15, -0.1) is 0 Å². The van der Waals surface area contributed by atoms with Gasteiger partial charge in [0.2, 0.25) is 5.91 Å². The summed E-state index contributed by atoms with van der Waals surface area (Å²) in [6.07, 6.45) is -2.70. The van der Waals surface area contributed by atoms with Crippen molar-refractivity contribution in [3.63, 3.8) is 0 Å². The van der Waals surface area contributed by atoms with E-state index in [1.54, 1.807) is 51.2 Å². The van der Waals surface area contributed by atoms with E-state index < -0.39 is 17.2 Å². The zero-order valence-electron chi connectivity index (χ0n) is 17.2. The van der Waals surface area contributed by atoms with Gasteiger partial charge >= 0.3 is 6.18 Å². The van der Waals surface area contributed by atoms with Gasteiger partial charge in [-0.05, 0) is 36.6 Å². The molecule has 30 heavy (non-hydrogen) atoms. The Morgan fingerprint density at radius 2 is 1.67 bits per heavy atom. The number of nitrogens with one attached hydrogen (secondary N) is 1. The first-order valence-electron chi connectivity index (χ1n) is 9.83. The lowest BCUT2D eigenvalue weighted by Gasteiger charge is -2.27. The van der Waals surface area contributed by atoms with Crippen molar-refractivity contribution in [3.05, 3.63) is 65.2 Å². The van der Waals surface area contributed by atoms with Gasteiger partial charge < -0.3 is 10.2 Å². The number of nitrogens with zero attached hydrogens (tertiary/aromatic N) is 1. The average Bonchev–Trinajstić information content (AvgIpc) is 3.56. The number of hydrogen-bond acceptors (Lipinski definition) is 2. The highest BCUT2D eigenvalue weighted by Gasteiger charge is 2.34. The van der Waals surface area contributed by atoms with Gasteiger partial charge in [-0.3, -0.25) is 9.59 Å². The van der Waals surface area contributed by atoms with Crippen LogP contribution in [0.2, 0.25) is 0 Å². The summed E-state index contributed by atoms with van der Waals surface area (Å²) in [6.45, 7) is 3.69. The van der Waals surface area contributed by atoms with Crippen LogP contribution in [0.3, 0.4) is 0 Å². The summed E-state index contributed by atoms with van der Waals surface area (Å²) in [4.78, 5) is 26.8. The standard InChI is InChI=1S/C23H25F3N2O2/c1-22(2,16-7-6-8-17(13-16)23(24,25)26)14-27-20(29)18-9-4-5-10-19(18)28(3)21(30)15-11-12-15/h4-10,13,15H,11-12,14H2,1-3H3,(H,27,29). The summed E-state index contributed by atoms with van der Waals surface area (Å²) in [6, 6.07) is 12.0. The molecule has 1 fully saturated rings. The van der Waals surface area contributed by atoms with E-state index >= 15 is 0 Å². The van der Waals surface area contributed by atoms with Crippen LogP contribution in [0.5, 0.6) is 0 Å². The minimum Gasteiger partial charge on any atom is -0.351 e. The number of benzene rings is 2. The zero-order chi connectivity index (χ0) is 22.1. The van der Waals surface area contributed by atoms with Crippen LogP contribution < -0.4 is 10.2 Å². The van der Waals surface area contributed by atoms with Crippen molar-refractivity contribution in [2.45, 2.75) is 38.3 Å². The Labute approximate surface area is 174 Å². The number of para-hydroxylation sites is 1. The Balaban J connectivity index is 1.75. The molecule has 2 aromatic rings. The van der Waals surface area contributed by atoms with Gasteiger partial charge in [-0.25, -0.2) is 0 Å². The fourth-order valence-electron chi connectivity index (χ4n) is 3.30. The summed E-state index contributed by atoms with van der Waals surface area (Å²) in [5.41, 5.74) is -0.0868. The fraction of sp³-hybridized carbons (Fsp3) is 0.391. The second-order valence-electron chi connectivity index (χ2n) is 8.33. The largest absolute Gasteiger partial charge is 0.416 e. The second kappa shape index (κ2) is 8.13. The van der Waals surface area contributed by atoms with Gasteiger partial charge in [0, 0.05) is 24.9 Å². The molecule has 1 saturated carbocycles. The first kappa shape index (κ1) is 21.9. The number of rotatable bonds is 6. The number of amides is 2. The highest BCUT2D eigenvalue weighted by molar-refractivity contribution is 6.05. The molecule has 0 aromatic heterocycles. The molecule has 1 N–H and O–H groups in total. The van der Waals surface area contributed by atoms with E-state index in [0.29, 0.717) is 16.8 Å². The Morgan fingerprint density at radius 1 is 1.03 bits per heavy atom. The third kappa shape index (κ3) is 4.83. The molecule has 7 heteroatoms. The Morgan fingerprint density at radius 3 is 2.30 bits per heavy atom.